The second kappa shape index (κ2) is 12.5. The van der Waals surface area contributed by atoms with Gasteiger partial charge < -0.3 is 0 Å². The molecule has 0 atom stereocenters. The van der Waals surface area contributed by atoms with E-state index in [-0.39, 0.29) is 0 Å². The standard InChI is InChI=1S/C52H34/c1-3-15-35(16-4-1)40-31-41(36-17-5-2-6-18-36)33-42(32-40)51-47-25-11-12-26-48(47)52(46-28-14-22-38-20-8-10-24-44(38)46)50-34-39(29-30-49(50)51)45-27-13-21-37-19-7-9-23-43(37)45/h1-34H. The van der Waals surface area contributed by atoms with E-state index in [9.17, 15) is 0 Å². The summed E-state index contributed by atoms with van der Waals surface area (Å²) in [6.45, 7) is 0. The van der Waals surface area contributed by atoms with E-state index >= 15 is 0 Å². The molecule has 0 nitrogen and oxygen atoms in total. The van der Waals surface area contributed by atoms with E-state index in [1.165, 1.54) is 98.7 Å². The molecular formula is C52H34. The van der Waals surface area contributed by atoms with Gasteiger partial charge in [-0.15, -0.1) is 0 Å². The van der Waals surface area contributed by atoms with Crippen LogP contribution in [0.2, 0.25) is 0 Å². The lowest BCUT2D eigenvalue weighted by atomic mass is 9.82. The largest absolute Gasteiger partial charge is 0.0622 e. The first-order valence-electron chi connectivity index (χ1n) is 18.0. The number of fused-ring (bicyclic) bond motifs is 4. The minimum absolute atomic E-state index is 1.21. The van der Waals surface area contributed by atoms with Crippen LogP contribution in [0.4, 0.5) is 0 Å². The number of hydrogen-bond donors (Lipinski definition) is 0. The van der Waals surface area contributed by atoms with Crippen molar-refractivity contribution in [2.24, 2.45) is 0 Å². The first-order chi connectivity index (χ1) is 25.8. The topological polar surface area (TPSA) is 0 Å². The first kappa shape index (κ1) is 30.1. The lowest BCUT2D eigenvalue weighted by Crippen LogP contribution is -1.94. The summed E-state index contributed by atoms with van der Waals surface area (Å²) in [5.41, 5.74) is 12.3. The molecule has 0 radical (unpaired) electrons. The van der Waals surface area contributed by atoms with Crippen LogP contribution in [0.3, 0.4) is 0 Å². The van der Waals surface area contributed by atoms with Gasteiger partial charge in [-0.2, -0.15) is 0 Å². The zero-order valence-electron chi connectivity index (χ0n) is 28.6. The second-order valence-electron chi connectivity index (χ2n) is 13.6. The molecule has 0 spiro atoms. The fourth-order valence-corrected chi connectivity index (χ4v) is 8.23. The molecule has 10 aromatic carbocycles. The van der Waals surface area contributed by atoms with Gasteiger partial charge in [0.2, 0.25) is 0 Å². The molecule has 242 valence electrons. The molecule has 52 heavy (non-hydrogen) atoms. The highest BCUT2D eigenvalue weighted by Gasteiger charge is 2.20. The summed E-state index contributed by atoms with van der Waals surface area (Å²) in [5, 5.41) is 10.0. The molecule has 10 aromatic rings. The van der Waals surface area contributed by atoms with Crippen molar-refractivity contribution >= 4 is 43.1 Å². The summed E-state index contributed by atoms with van der Waals surface area (Å²) in [7, 11) is 0. The van der Waals surface area contributed by atoms with E-state index in [0.717, 1.165) is 0 Å². The predicted molar refractivity (Wildman–Crippen MR) is 224 cm³/mol. The van der Waals surface area contributed by atoms with Crippen LogP contribution in [0.1, 0.15) is 0 Å². The number of benzene rings is 10. The van der Waals surface area contributed by atoms with Crippen molar-refractivity contribution in [2.75, 3.05) is 0 Å². The average molecular weight is 659 g/mol. The van der Waals surface area contributed by atoms with Crippen LogP contribution in [0.5, 0.6) is 0 Å². The fraction of sp³-hybridized carbons (Fsp3) is 0. The maximum Gasteiger partial charge on any atom is -0.00199 e. The predicted octanol–water partition coefficient (Wildman–Crippen LogP) is 14.6. The summed E-state index contributed by atoms with van der Waals surface area (Å²) in [6.07, 6.45) is 0. The van der Waals surface area contributed by atoms with Gasteiger partial charge in [0.15, 0.2) is 0 Å². The molecule has 0 fully saturated rings. The molecule has 0 aliphatic carbocycles. The average Bonchev–Trinajstić information content (AvgIpc) is 3.22. The highest BCUT2D eigenvalue weighted by Crippen LogP contribution is 2.47. The van der Waals surface area contributed by atoms with E-state index < -0.39 is 0 Å². The van der Waals surface area contributed by atoms with Crippen molar-refractivity contribution < 1.29 is 0 Å². The van der Waals surface area contributed by atoms with Crippen LogP contribution < -0.4 is 0 Å². The van der Waals surface area contributed by atoms with Gasteiger partial charge >= 0.3 is 0 Å². The van der Waals surface area contributed by atoms with Crippen LogP contribution in [-0.2, 0) is 0 Å². The van der Waals surface area contributed by atoms with Crippen molar-refractivity contribution in [3.63, 3.8) is 0 Å². The molecule has 0 heteroatoms. The zero-order chi connectivity index (χ0) is 34.4. The highest BCUT2D eigenvalue weighted by atomic mass is 14.2. The lowest BCUT2D eigenvalue weighted by molar-refractivity contribution is 1.58. The third kappa shape index (κ3) is 5.08. The third-order valence-electron chi connectivity index (χ3n) is 10.6. The van der Waals surface area contributed by atoms with Gasteiger partial charge in [0.25, 0.3) is 0 Å². The van der Waals surface area contributed by atoms with Crippen LogP contribution in [-0.4, -0.2) is 0 Å². The van der Waals surface area contributed by atoms with Gasteiger partial charge in [0.05, 0.1) is 0 Å². The van der Waals surface area contributed by atoms with Crippen molar-refractivity contribution in [1.82, 2.24) is 0 Å². The van der Waals surface area contributed by atoms with E-state index in [2.05, 4.69) is 206 Å². The summed E-state index contributed by atoms with van der Waals surface area (Å²) in [5.74, 6) is 0. The van der Waals surface area contributed by atoms with Gasteiger partial charge in [-0.3, -0.25) is 0 Å². The Balaban J connectivity index is 1.35. The van der Waals surface area contributed by atoms with E-state index in [0.29, 0.717) is 0 Å². The van der Waals surface area contributed by atoms with Crippen LogP contribution in [0, 0.1) is 0 Å². The summed E-state index contributed by atoms with van der Waals surface area (Å²) in [4.78, 5) is 0. The molecule has 0 saturated carbocycles. The molecule has 0 amide bonds. The Bertz CT molecular complexity index is 2870. The monoisotopic (exact) mass is 658 g/mol. The molecule has 0 aromatic heterocycles. The van der Waals surface area contributed by atoms with Crippen LogP contribution in [0.15, 0.2) is 206 Å². The molecule has 0 N–H and O–H groups in total. The molecule has 0 bridgehead atoms. The molecule has 0 aliphatic heterocycles. The molecule has 0 aliphatic rings. The maximum atomic E-state index is 2.45. The Kier molecular flexibility index (Phi) is 7.25. The van der Waals surface area contributed by atoms with E-state index in [1.807, 2.05) is 0 Å². The second-order valence-corrected chi connectivity index (χ2v) is 13.6. The smallest absolute Gasteiger partial charge is 0.00199 e. The summed E-state index contributed by atoms with van der Waals surface area (Å²) < 4.78 is 0. The SMILES string of the molecule is c1ccc(-c2cc(-c3ccccc3)cc(-c3c4ccccc4c(-c4cccc5ccccc45)c4cc(-c5cccc6ccccc56)ccc34)c2)cc1. The van der Waals surface area contributed by atoms with Gasteiger partial charge in [-0.05, 0) is 123 Å². The maximum absolute atomic E-state index is 2.45. The normalized spacial score (nSPS) is 11.5. The Morgan fingerprint density at radius 1 is 0.192 bits per heavy atom. The van der Waals surface area contributed by atoms with Crippen LogP contribution >= 0.6 is 0 Å². The van der Waals surface area contributed by atoms with Gasteiger partial charge in [0.1, 0.15) is 0 Å². The molecule has 0 saturated heterocycles. The van der Waals surface area contributed by atoms with Gasteiger partial charge in [-0.1, -0.05) is 182 Å². The quantitative estimate of drug-likeness (QED) is 0.161. The summed E-state index contributed by atoms with van der Waals surface area (Å²) >= 11 is 0. The molecule has 10 rings (SSSR count). The van der Waals surface area contributed by atoms with Crippen molar-refractivity contribution in [2.45, 2.75) is 0 Å². The minimum Gasteiger partial charge on any atom is -0.0622 e. The molecule has 0 unspecified atom stereocenters. The molecule has 0 heterocycles. The molecular weight excluding hydrogens is 625 g/mol. The number of hydrogen-bond acceptors (Lipinski definition) is 0. The van der Waals surface area contributed by atoms with E-state index in [1.54, 1.807) is 0 Å². The Hall–Kier alpha value is -6.76. The lowest BCUT2D eigenvalue weighted by Gasteiger charge is -2.21. The van der Waals surface area contributed by atoms with Gasteiger partial charge in [-0.25, -0.2) is 0 Å². The van der Waals surface area contributed by atoms with Gasteiger partial charge in [0, 0.05) is 0 Å². The first-order valence-corrected chi connectivity index (χ1v) is 18.0. The third-order valence-corrected chi connectivity index (χ3v) is 10.6. The Morgan fingerprint density at radius 2 is 0.635 bits per heavy atom. The Labute approximate surface area is 303 Å². The number of rotatable bonds is 5. The Morgan fingerprint density at radius 3 is 1.25 bits per heavy atom. The van der Waals surface area contributed by atoms with E-state index in [4.69, 9.17) is 0 Å². The van der Waals surface area contributed by atoms with Crippen LogP contribution in [0.25, 0.3) is 98.7 Å². The summed E-state index contributed by atoms with van der Waals surface area (Å²) in [6, 6.07) is 75.7. The fourth-order valence-electron chi connectivity index (χ4n) is 8.23. The zero-order valence-corrected chi connectivity index (χ0v) is 28.6. The van der Waals surface area contributed by atoms with Crippen molar-refractivity contribution in [1.29, 1.82) is 0 Å². The minimum atomic E-state index is 1.21. The highest BCUT2D eigenvalue weighted by molar-refractivity contribution is 6.24. The van der Waals surface area contributed by atoms with Crippen molar-refractivity contribution in [3.05, 3.63) is 206 Å². The van der Waals surface area contributed by atoms with Crippen molar-refractivity contribution in [3.8, 4) is 55.6 Å².